The topological polar surface area (TPSA) is 203 Å². The fourth-order valence-electron chi connectivity index (χ4n) is 7.65. The minimum absolute atomic E-state index is 0.00604. The Labute approximate surface area is 417 Å². The van der Waals surface area contributed by atoms with Crippen LogP contribution < -0.4 is 14.2 Å². The first-order chi connectivity index (χ1) is 34.3. The van der Waals surface area contributed by atoms with Gasteiger partial charge in [-0.05, 0) is 177 Å². The Morgan fingerprint density at radius 2 is 0.986 bits per heavy atom. The van der Waals surface area contributed by atoms with E-state index in [-0.39, 0.29) is 49.0 Å². The van der Waals surface area contributed by atoms with E-state index in [1.807, 2.05) is 0 Å². The standard InChI is InChI=1S/C55H70O16/c1-5-49(56)65-36-13-9-7-11-34-63-44-23-17-42(18-24-44)54(61)70-47-27-19-41(20-28-47)53(60)68-40(4)16-15-39(3)52(59)69-46-25-21-43(22-26-46)55(62)71-48-31-29-45(30-32-48)64-35-12-8-10-14-37-66-51(58)33-38-67-50(57)6-2/h5-6,15-18,23-24,29-32,41,43,46-47H,1-2,7-14,19-22,25-28,33-38H2,3-4H3/b39-15+,40-16+. The van der Waals surface area contributed by atoms with Gasteiger partial charge in [-0.3, -0.25) is 14.4 Å². The molecule has 0 radical (unpaired) electrons. The van der Waals surface area contributed by atoms with Gasteiger partial charge < -0.3 is 42.6 Å². The molecule has 16 heteroatoms. The summed E-state index contributed by atoms with van der Waals surface area (Å²) in [5.41, 5.74) is 0.757. The van der Waals surface area contributed by atoms with Crippen LogP contribution >= 0.6 is 0 Å². The summed E-state index contributed by atoms with van der Waals surface area (Å²) in [6.07, 6.45) is 15.6. The van der Waals surface area contributed by atoms with Gasteiger partial charge in [0.2, 0.25) is 0 Å². The number of carbonyl (C=O) groups excluding carboxylic acids is 7. The third kappa shape index (κ3) is 22.7. The van der Waals surface area contributed by atoms with Crippen LogP contribution in [0.1, 0.15) is 133 Å². The van der Waals surface area contributed by atoms with Crippen molar-refractivity contribution in [3.63, 3.8) is 0 Å². The van der Waals surface area contributed by atoms with Crippen molar-refractivity contribution >= 4 is 41.8 Å². The monoisotopic (exact) mass is 986 g/mol. The second-order valence-corrected chi connectivity index (χ2v) is 17.5. The van der Waals surface area contributed by atoms with Gasteiger partial charge in [0.15, 0.2) is 0 Å². The molecule has 2 aromatic carbocycles. The predicted octanol–water partition coefficient (Wildman–Crippen LogP) is 9.77. The van der Waals surface area contributed by atoms with Gasteiger partial charge in [0, 0.05) is 17.7 Å². The average molecular weight is 987 g/mol. The summed E-state index contributed by atoms with van der Waals surface area (Å²) in [5.74, 6) is -1.63. The molecule has 2 aliphatic carbocycles. The van der Waals surface area contributed by atoms with E-state index in [0.717, 1.165) is 63.5 Å². The van der Waals surface area contributed by atoms with E-state index in [2.05, 4.69) is 13.2 Å². The maximum atomic E-state index is 13.0. The summed E-state index contributed by atoms with van der Waals surface area (Å²) >= 11 is 0. The first kappa shape index (κ1) is 56.9. The molecule has 0 bridgehead atoms. The van der Waals surface area contributed by atoms with Crippen LogP contribution in [0.2, 0.25) is 0 Å². The summed E-state index contributed by atoms with van der Waals surface area (Å²) in [7, 11) is 0. The van der Waals surface area contributed by atoms with Crippen LogP contribution in [0.3, 0.4) is 0 Å². The highest BCUT2D eigenvalue weighted by molar-refractivity contribution is 5.90. The van der Waals surface area contributed by atoms with E-state index >= 15 is 0 Å². The summed E-state index contributed by atoms with van der Waals surface area (Å²) < 4.78 is 49.1. The van der Waals surface area contributed by atoms with Crippen LogP contribution in [0.15, 0.2) is 97.3 Å². The number of hydrogen-bond acceptors (Lipinski definition) is 16. The lowest BCUT2D eigenvalue weighted by Crippen LogP contribution is -2.30. The number of rotatable bonds is 30. The smallest absolute Gasteiger partial charge is 0.338 e. The lowest BCUT2D eigenvalue weighted by molar-refractivity contribution is -0.149. The summed E-state index contributed by atoms with van der Waals surface area (Å²) in [6.45, 7) is 11.6. The number of allylic oxidation sites excluding steroid dienone is 3. The number of esters is 7. The molecule has 0 aromatic heterocycles. The fourth-order valence-corrected chi connectivity index (χ4v) is 7.65. The minimum atomic E-state index is -0.576. The first-order valence-electron chi connectivity index (χ1n) is 24.7. The van der Waals surface area contributed by atoms with Gasteiger partial charge in [0.1, 0.15) is 41.8 Å². The van der Waals surface area contributed by atoms with Crippen molar-refractivity contribution in [2.45, 2.75) is 135 Å². The van der Waals surface area contributed by atoms with Crippen molar-refractivity contribution in [3.8, 4) is 17.2 Å². The maximum absolute atomic E-state index is 13.0. The molecule has 2 fully saturated rings. The van der Waals surface area contributed by atoms with Crippen molar-refractivity contribution in [2.75, 3.05) is 33.0 Å². The third-order valence-corrected chi connectivity index (χ3v) is 11.9. The molecule has 16 nitrogen and oxygen atoms in total. The highest BCUT2D eigenvalue weighted by atomic mass is 16.6. The molecule has 0 saturated heterocycles. The zero-order chi connectivity index (χ0) is 51.2. The maximum Gasteiger partial charge on any atom is 0.338 e. The Morgan fingerprint density at radius 1 is 0.521 bits per heavy atom. The Kier molecular flexibility index (Phi) is 25.8. The van der Waals surface area contributed by atoms with Crippen LogP contribution in [0.25, 0.3) is 0 Å². The molecular formula is C55H70O16. The first-order valence-corrected chi connectivity index (χ1v) is 24.7. The Hall–Kier alpha value is -6.71. The molecule has 0 N–H and O–H groups in total. The van der Waals surface area contributed by atoms with Gasteiger partial charge in [-0.15, -0.1) is 0 Å². The van der Waals surface area contributed by atoms with E-state index < -0.39 is 29.8 Å². The Bertz CT molecular complexity index is 2110. The largest absolute Gasteiger partial charge is 0.494 e. The van der Waals surface area contributed by atoms with Crippen LogP contribution in [-0.4, -0.2) is 87.0 Å². The molecule has 0 atom stereocenters. The average Bonchev–Trinajstić information content (AvgIpc) is 3.37. The molecule has 386 valence electrons. The molecule has 0 spiro atoms. The number of benzene rings is 2. The zero-order valence-corrected chi connectivity index (χ0v) is 41.2. The third-order valence-electron chi connectivity index (χ3n) is 11.9. The zero-order valence-electron chi connectivity index (χ0n) is 41.2. The van der Waals surface area contributed by atoms with Crippen molar-refractivity contribution < 1.29 is 76.2 Å². The van der Waals surface area contributed by atoms with Crippen LogP contribution in [0.5, 0.6) is 17.2 Å². The van der Waals surface area contributed by atoms with Gasteiger partial charge >= 0.3 is 41.8 Å². The van der Waals surface area contributed by atoms with E-state index in [0.29, 0.717) is 112 Å². The molecule has 2 aliphatic rings. The van der Waals surface area contributed by atoms with E-state index in [9.17, 15) is 33.6 Å². The molecule has 0 aliphatic heterocycles. The summed E-state index contributed by atoms with van der Waals surface area (Å²) in [6, 6.07) is 13.7. The molecule has 2 saturated carbocycles. The number of unbranched alkanes of at least 4 members (excludes halogenated alkanes) is 6. The minimum Gasteiger partial charge on any atom is -0.494 e. The highest BCUT2D eigenvalue weighted by Gasteiger charge is 2.31. The summed E-state index contributed by atoms with van der Waals surface area (Å²) in [4.78, 5) is 85.3. The lowest BCUT2D eigenvalue weighted by Gasteiger charge is -2.27. The fraction of sp³-hybridized carbons (Fsp3) is 0.509. The highest BCUT2D eigenvalue weighted by Crippen LogP contribution is 2.31. The van der Waals surface area contributed by atoms with Gasteiger partial charge in [0.25, 0.3) is 0 Å². The van der Waals surface area contributed by atoms with Crippen molar-refractivity contribution in [3.05, 3.63) is 103 Å². The predicted molar refractivity (Wildman–Crippen MR) is 261 cm³/mol. The number of carbonyl (C=O) groups is 7. The number of ether oxygens (including phenoxy) is 9. The normalized spacial score (nSPS) is 17.9. The molecule has 0 amide bonds. The van der Waals surface area contributed by atoms with Crippen LogP contribution in [0, 0.1) is 11.8 Å². The van der Waals surface area contributed by atoms with Crippen molar-refractivity contribution in [2.24, 2.45) is 11.8 Å². The molecule has 4 rings (SSSR count). The number of hydrogen-bond donors (Lipinski definition) is 0. The van der Waals surface area contributed by atoms with Gasteiger partial charge in [-0.2, -0.15) is 0 Å². The van der Waals surface area contributed by atoms with Crippen molar-refractivity contribution in [1.82, 2.24) is 0 Å². The second-order valence-electron chi connectivity index (χ2n) is 17.5. The Balaban J connectivity index is 1.03. The van der Waals surface area contributed by atoms with Crippen LogP contribution in [0.4, 0.5) is 0 Å². The van der Waals surface area contributed by atoms with E-state index in [1.165, 1.54) is 0 Å². The SMILES string of the molecule is C=CC(=O)OCCCCCCOc1ccc(C(=O)OC2CCC(C(=O)O/C(C)=C/C=C(\C)C(=O)OC3CCC(C(=O)Oc4ccc(OCCCCCCOC(=O)CCOC(=O)C=C)cc4)CC3)CC2)cc1. The quantitative estimate of drug-likeness (QED) is 0.0136. The summed E-state index contributed by atoms with van der Waals surface area (Å²) in [5, 5.41) is 0. The molecule has 71 heavy (non-hydrogen) atoms. The second kappa shape index (κ2) is 32.2. The lowest BCUT2D eigenvalue weighted by atomic mass is 9.87. The van der Waals surface area contributed by atoms with Crippen molar-refractivity contribution in [1.29, 1.82) is 0 Å². The molecule has 0 heterocycles. The van der Waals surface area contributed by atoms with E-state index in [4.69, 9.17) is 42.6 Å². The Morgan fingerprint density at radius 3 is 1.54 bits per heavy atom. The van der Waals surface area contributed by atoms with E-state index in [1.54, 1.807) is 74.5 Å². The molecule has 0 unspecified atom stereocenters. The van der Waals surface area contributed by atoms with Gasteiger partial charge in [0.05, 0.1) is 50.2 Å². The molecular weight excluding hydrogens is 917 g/mol. The molecule has 2 aromatic rings. The van der Waals surface area contributed by atoms with Gasteiger partial charge in [-0.1, -0.05) is 13.2 Å². The van der Waals surface area contributed by atoms with Gasteiger partial charge in [-0.25, -0.2) is 19.2 Å². The van der Waals surface area contributed by atoms with Crippen LogP contribution in [-0.2, 0) is 57.2 Å².